The number of nitrogens with one attached hydrogen (secondary N) is 1. The standard InChI is InChI=1S/C23H19N5O.C2H6/c1-14-6-3-4-9-18(14)20-17(10-16-8-5-7-15(2)19(16)28-20)11-29-23-21-22(25-12-24-21)26-13-27-23;1-2/h3-10,12-13H,11H2,1-2H3,(H,24,25,26,27);1-2H3. The minimum absolute atomic E-state index is 0.339. The first-order valence-corrected chi connectivity index (χ1v) is 10.4. The summed E-state index contributed by atoms with van der Waals surface area (Å²) >= 11 is 0. The van der Waals surface area contributed by atoms with Gasteiger partial charge in [-0.2, -0.15) is 4.98 Å². The minimum atomic E-state index is 0.339. The minimum Gasteiger partial charge on any atom is -0.471 e. The number of aryl methyl sites for hydroxylation is 2. The molecule has 5 aromatic rings. The van der Waals surface area contributed by atoms with E-state index < -0.39 is 0 Å². The fraction of sp³-hybridized carbons (Fsp3) is 0.200. The molecule has 0 aliphatic heterocycles. The van der Waals surface area contributed by atoms with Gasteiger partial charge in [0.2, 0.25) is 5.88 Å². The van der Waals surface area contributed by atoms with Crippen LogP contribution >= 0.6 is 0 Å². The van der Waals surface area contributed by atoms with E-state index in [1.807, 2.05) is 26.0 Å². The van der Waals surface area contributed by atoms with Gasteiger partial charge < -0.3 is 9.72 Å². The van der Waals surface area contributed by atoms with Crippen molar-refractivity contribution < 1.29 is 4.74 Å². The molecule has 2 aromatic carbocycles. The predicted octanol–water partition coefficient (Wildman–Crippen LogP) is 5.79. The maximum absolute atomic E-state index is 6.08. The van der Waals surface area contributed by atoms with Gasteiger partial charge in [-0.15, -0.1) is 0 Å². The zero-order valence-electron chi connectivity index (χ0n) is 18.2. The van der Waals surface area contributed by atoms with E-state index in [0.717, 1.165) is 33.3 Å². The van der Waals surface area contributed by atoms with Crippen LogP contribution in [0.5, 0.6) is 5.88 Å². The van der Waals surface area contributed by atoms with Crippen molar-refractivity contribution in [2.45, 2.75) is 34.3 Å². The molecule has 0 fully saturated rings. The van der Waals surface area contributed by atoms with E-state index in [4.69, 9.17) is 9.72 Å². The van der Waals surface area contributed by atoms with Gasteiger partial charge in [0.25, 0.3) is 0 Å². The van der Waals surface area contributed by atoms with Crippen LogP contribution < -0.4 is 4.74 Å². The van der Waals surface area contributed by atoms with Crippen molar-refractivity contribution in [1.82, 2.24) is 24.9 Å². The van der Waals surface area contributed by atoms with E-state index in [1.54, 1.807) is 6.33 Å². The van der Waals surface area contributed by atoms with Crippen LogP contribution in [0.4, 0.5) is 0 Å². The Hall–Kier alpha value is -3.80. The molecule has 0 spiro atoms. The van der Waals surface area contributed by atoms with Crippen LogP contribution in [-0.4, -0.2) is 24.9 Å². The number of aromatic nitrogens is 5. The number of ether oxygens (including phenoxy) is 1. The summed E-state index contributed by atoms with van der Waals surface area (Å²) in [6, 6.07) is 16.7. The third-order valence-electron chi connectivity index (χ3n) is 5.08. The lowest BCUT2D eigenvalue weighted by Gasteiger charge is -2.14. The Morgan fingerprint density at radius 3 is 2.55 bits per heavy atom. The Kier molecular flexibility index (Phi) is 5.89. The van der Waals surface area contributed by atoms with E-state index >= 15 is 0 Å². The van der Waals surface area contributed by atoms with Crippen molar-refractivity contribution in [2.75, 3.05) is 0 Å². The van der Waals surface area contributed by atoms with Gasteiger partial charge in [-0.25, -0.2) is 15.0 Å². The lowest BCUT2D eigenvalue weighted by molar-refractivity contribution is 0.297. The number of nitrogens with zero attached hydrogens (tertiary/aromatic N) is 4. The van der Waals surface area contributed by atoms with E-state index in [1.165, 1.54) is 11.9 Å². The van der Waals surface area contributed by atoms with E-state index in [0.29, 0.717) is 23.7 Å². The molecule has 0 unspecified atom stereocenters. The van der Waals surface area contributed by atoms with Crippen LogP contribution in [-0.2, 0) is 6.61 Å². The van der Waals surface area contributed by atoms with Crippen LogP contribution in [0.3, 0.4) is 0 Å². The van der Waals surface area contributed by atoms with Crippen LogP contribution in [0.15, 0.2) is 61.2 Å². The Morgan fingerprint density at radius 2 is 1.71 bits per heavy atom. The number of para-hydroxylation sites is 1. The highest BCUT2D eigenvalue weighted by atomic mass is 16.5. The molecule has 3 aromatic heterocycles. The van der Waals surface area contributed by atoms with Crippen LogP contribution in [0, 0.1) is 13.8 Å². The van der Waals surface area contributed by atoms with Gasteiger partial charge in [0, 0.05) is 16.5 Å². The zero-order valence-corrected chi connectivity index (χ0v) is 18.2. The van der Waals surface area contributed by atoms with Gasteiger partial charge in [-0.1, -0.05) is 56.3 Å². The quantitative estimate of drug-likeness (QED) is 0.405. The average molecular weight is 412 g/mol. The summed E-state index contributed by atoms with van der Waals surface area (Å²) in [5.41, 5.74) is 7.64. The molecule has 6 heteroatoms. The third-order valence-corrected chi connectivity index (χ3v) is 5.08. The molecule has 6 nitrogen and oxygen atoms in total. The lowest BCUT2D eigenvalue weighted by Crippen LogP contribution is -2.03. The molecular formula is C25H25N5O. The van der Waals surface area contributed by atoms with Gasteiger partial charge in [0.05, 0.1) is 17.5 Å². The molecule has 156 valence electrons. The summed E-state index contributed by atoms with van der Waals surface area (Å²) < 4.78 is 6.08. The maximum atomic E-state index is 6.08. The van der Waals surface area contributed by atoms with Crippen LogP contribution in [0.25, 0.3) is 33.3 Å². The van der Waals surface area contributed by atoms with E-state index in [-0.39, 0.29) is 0 Å². The molecule has 0 aliphatic rings. The van der Waals surface area contributed by atoms with Gasteiger partial charge in [0.15, 0.2) is 5.65 Å². The fourth-order valence-electron chi connectivity index (χ4n) is 3.57. The highest BCUT2D eigenvalue weighted by Gasteiger charge is 2.14. The maximum Gasteiger partial charge on any atom is 0.243 e. The molecule has 0 bridgehead atoms. The molecule has 0 amide bonds. The van der Waals surface area contributed by atoms with Crippen molar-refractivity contribution >= 4 is 22.1 Å². The summed E-state index contributed by atoms with van der Waals surface area (Å²) in [5, 5.41) is 1.09. The molecule has 0 saturated carbocycles. The smallest absolute Gasteiger partial charge is 0.243 e. The van der Waals surface area contributed by atoms with Gasteiger partial charge in [0.1, 0.15) is 18.5 Å². The summed E-state index contributed by atoms with van der Waals surface area (Å²) in [4.78, 5) is 20.6. The Labute approximate surface area is 181 Å². The summed E-state index contributed by atoms with van der Waals surface area (Å²) in [5.74, 6) is 0.479. The SMILES string of the molecule is CC.Cc1ccccc1-c1nc2c(C)cccc2cc1COc1ncnc2nc[nH]c12. The summed E-state index contributed by atoms with van der Waals surface area (Å²) in [6.07, 6.45) is 3.05. The molecule has 0 aliphatic carbocycles. The third kappa shape index (κ3) is 3.97. The average Bonchev–Trinajstić information content (AvgIpc) is 3.29. The largest absolute Gasteiger partial charge is 0.471 e. The Balaban J connectivity index is 0.00000112. The number of fused-ring (bicyclic) bond motifs is 2. The Morgan fingerprint density at radius 1 is 0.903 bits per heavy atom. The van der Waals surface area contributed by atoms with Crippen LogP contribution in [0.1, 0.15) is 30.5 Å². The molecule has 3 heterocycles. The van der Waals surface area contributed by atoms with E-state index in [9.17, 15) is 0 Å². The number of hydrogen-bond donors (Lipinski definition) is 1. The molecule has 0 atom stereocenters. The highest BCUT2D eigenvalue weighted by molar-refractivity contribution is 5.86. The number of rotatable bonds is 4. The molecule has 31 heavy (non-hydrogen) atoms. The monoisotopic (exact) mass is 411 g/mol. The van der Waals surface area contributed by atoms with Crippen molar-refractivity contribution in [3.8, 4) is 17.1 Å². The second-order valence-corrected chi connectivity index (χ2v) is 7.03. The van der Waals surface area contributed by atoms with Gasteiger partial charge >= 0.3 is 0 Å². The first-order valence-electron chi connectivity index (χ1n) is 10.4. The number of benzene rings is 2. The molecule has 1 N–H and O–H groups in total. The first kappa shape index (κ1) is 20.5. The van der Waals surface area contributed by atoms with Crippen LogP contribution in [0.2, 0.25) is 0 Å². The van der Waals surface area contributed by atoms with Gasteiger partial charge in [-0.05, 0) is 31.0 Å². The molecule has 0 radical (unpaired) electrons. The second kappa shape index (κ2) is 8.92. The topological polar surface area (TPSA) is 76.6 Å². The van der Waals surface area contributed by atoms with Crippen molar-refractivity contribution in [3.63, 3.8) is 0 Å². The number of imidazole rings is 1. The molecule has 0 saturated heterocycles. The number of pyridine rings is 1. The number of hydrogen-bond acceptors (Lipinski definition) is 5. The fourth-order valence-corrected chi connectivity index (χ4v) is 3.57. The zero-order chi connectivity index (χ0) is 21.8. The second-order valence-electron chi connectivity index (χ2n) is 7.03. The van der Waals surface area contributed by atoms with E-state index in [2.05, 4.69) is 70.2 Å². The number of H-pyrrole nitrogens is 1. The van der Waals surface area contributed by atoms with Gasteiger partial charge in [-0.3, -0.25) is 0 Å². The Bertz CT molecular complexity index is 1340. The highest BCUT2D eigenvalue weighted by Crippen LogP contribution is 2.30. The first-order chi connectivity index (χ1) is 15.2. The normalized spacial score (nSPS) is 10.7. The summed E-state index contributed by atoms with van der Waals surface area (Å²) in [7, 11) is 0. The van der Waals surface area contributed by atoms with Crippen molar-refractivity contribution in [2.24, 2.45) is 0 Å². The van der Waals surface area contributed by atoms with Crippen molar-refractivity contribution in [3.05, 3.63) is 77.9 Å². The summed E-state index contributed by atoms with van der Waals surface area (Å²) in [6.45, 7) is 8.52. The number of aromatic amines is 1. The predicted molar refractivity (Wildman–Crippen MR) is 124 cm³/mol. The van der Waals surface area contributed by atoms with Crippen molar-refractivity contribution in [1.29, 1.82) is 0 Å². The lowest BCUT2D eigenvalue weighted by atomic mass is 9.99. The molecular weight excluding hydrogens is 386 g/mol. The molecule has 5 rings (SSSR count).